The van der Waals surface area contributed by atoms with Crippen LogP contribution in [0.1, 0.15) is 0 Å². The molecule has 0 rings (SSSR count). The third-order valence-corrected chi connectivity index (χ3v) is 0.338. The van der Waals surface area contributed by atoms with Crippen LogP contribution in [0, 0.1) is 6.92 Å². The lowest BCUT2D eigenvalue weighted by atomic mass is 10.8. The van der Waals surface area contributed by atoms with Gasteiger partial charge in [0.05, 0.1) is 6.92 Å². The Morgan fingerprint density at radius 3 is 2.57 bits per heavy atom. The number of carbonyl (C=O) groups is 1. The Kier molecular flexibility index (Phi) is 3.32. The van der Waals surface area contributed by atoms with Crippen LogP contribution in [0.2, 0.25) is 0 Å². The van der Waals surface area contributed by atoms with Crippen molar-refractivity contribution in [3.05, 3.63) is 6.92 Å². The lowest BCUT2D eigenvalue weighted by molar-refractivity contribution is -0.148. The molecular weight excluding hydrogens is 96.0 g/mol. The van der Waals surface area contributed by atoms with Gasteiger partial charge < -0.3 is 9.47 Å². The van der Waals surface area contributed by atoms with Gasteiger partial charge in [-0.2, -0.15) is 0 Å². The number of ether oxygens (including phenoxy) is 2. The Balaban J connectivity index is 2.82. The summed E-state index contributed by atoms with van der Waals surface area (Å²) in [4.78, 5) is 9.79. The van der Waals surface area contributed by atoms with Gasteiger partial charge in [-0.25, -0.2) is 0 Å². The Hall–Kier alpha value is -0.570. The van der Waals surface area contributed by atoms with E-state index in [1.807, 2.05) is 0 Å². The van der Waals surface area contributed by atoms with Gasteiger partial charge in [0.1, 0.15) is 0 Å². The maximum absolute atomic E-state index is 9.79. The van der Waals surface area contributed by atoms with Crippen LogP contribution in [0.4, 0.5) is 0 Å². The van der Waals surface area contributed by atoms with Crippen LogP contribution in [0.15, 0.2) is 0 Å². The van der Waals surface area contributed by atoms with Crippen molar-refractivity contribution in [1.82, 2.24) is 0 Å². The van der Waals surface area contributed by atoms with Gasteiger partial charge in [-0.15, -0.1) is 0 Å². The van der Waals surface area contributed by atoms with Crippen molar-refractivity contribution >= 4 is 5.97 Å². The molecular formula is C4H7O3. The first-order valence-corrected chi connectivity index (χ1v) is 1.75. The highest BCUT2D eigenvalue weighted by molar-refractivity contribution is 5.73. The standard InChI is InChI=1S/C4H7O3/c1-4(5)7-3-6-2/h1,3H2,2H3. The van der Waals surface area contributed by atoms with Crippen molar-refractivity contribution < 1.29 is 14.3 Å². The van der Waals surface area contributed by atoms with Gasteiger partial charge in [-0.05, 0) is 0 Å². The quantitative estimate of drug-likeness (QED) is 0.363. The molecule has 0 saturated carbocycles. The van der Waals surface area contributed by atoms with Gasteiger partial charge in [0, 0.05) is 7.11 Å². The van der Waals surface area contributed by atoms with E-state index in [0.29, 0.717) is 0 Å². The first-order chi connectivity index (χ1) is 3.27. The number of methoxy groups -OCH3 is 1. The molecule has 0 N–H and O–H groups in total. The lowest BCUT2D eigenvalue weighted by Crippen LogP contribution is -2.01. The van der Waals surface area contributed by atoms with E-state index in [1.54, 1.807) is 0 Å². The van der Waals surface area contributed by atoms with Crippen molar-refractivity contribution in [3.8, 4) is 0 Å². The van der Waals surface area contributed by atoms with Crippen LogP contribution < -0.4 is 0 Å². The summed E-state index contributed by atoms with van der Waals surface area (Å²) in [5, 5.41) is 0. The smallest absolute Gasteiger partial charge is 0.308 e. The fraction of sp³-hybridized carbons (Fsp3) is 0.500. The maximum Gasteiger partial charge on any atom is 0.308 e. The maximum atomic E-state index is 9.79. The second kappa shape index (κ2) is 3.61. The fourth-order valence-corrected chi connectivity index (χ4v) is 0.125. The summed E-state index contributed by atoms with van der Waals surface area (Å²) in [6, 6.07) is 0. The van der Waals surface area contributed by atoms with Gasteiger partial charge >= 0.3 is 5.97 Å². The van der Waals surface area contributed by atoms with Crippen molar-refractivity contribution in [1.29, 1.82) is 0 Å². The van der Waals surface area contributed by atoms with Crippen molar-refractivity contribution in [2.45, 2.75) is 0 Å². The predicted octanol–water partition coefficient (Wildman–Crippen LogP) is -0.0324. The van der Waals surface area contributed by atoms with Gasteiger partial charge in [-0.3, -0.25) is 4.79 Å². The van der Waals surface area contributed by atoms with Gasteiger partial charge in [0.2, 0.25) is 0 Å². The van der Waals surface area contributed by atoms with E-state index >= 15 is 0 Å². The third kappa shape index (κ3) is 5.43. The molecule has 0 spiro atoms. The van der Waals surface area contributed by atoms with E-state index in [2.05, 4.69) is 16.4 Å². The average molecular weight is 103 g/mol. The summed E-state index contributed by atoms with van der Waals surface area (Å²) in [5.41, 5.74) is 0. The van der Waals surface area contributed by atoms with Crippen molar-refractivity contribution in [2.75, 3.05) is 13.9 Å². The van der Waals surface area contributed by atoms with E-state index in [0.717, 1.165) is 0 Å². The zero-order chi connectivity index (χ0) is 5.70. The van der Waals surface area contributed by atoms with Gasteiger partial charge in [-0.1, -0.05) is 0 Å². The SMILES string of the molecule is [CH2]C(=O)OCOC. The molecule has 0 aliphatic rings. The Morgan fingerprint density at radius 1 is 1.86 bits per heavy atom. The van der Waals surface area contributed by atoms with Crippen molar-refractivity contribution in [2.24, 2.45) is 0 Å². The highest BCUT2D eigenvalue weighted by Crippen LogP contribution is 1.72. The molecule has 3 heteroatoms. The first kappa shape index (κ1) is 6.43. The van der Waals surface area contributed by atoms with Crippen LogP contribution in [0.5, 0.6) is 0 Å². The molecule has 0 bridgehead atoms. The van der Waals surface area contributed by atoms with Crippen LogP contribution in [0.3, 0.4) is 0 Å². The van der Waals surface area contributed by atoms with E-state index in [9.17, 15) is 4.79 Å². The van der Waals surface area contributed by atoms with Crippen LogP contribution in [-0.2, 0) is 14.3 Å². The molecule has 41 valence electrons. The van der Waals surface area contributed by atoms with E-state index < -0.39 is 5.97 Å². The summed E-state index contributed by atoms with van der Waals surface area (Å²) in [6.45, 7) is 2.92. The van der Waals surface area contributed by atoms with Gasteiger partial charge in [0.15, 0.2) is 6.79 Å². The zero-order valence-corrected chi connectivity index (χ0v) is 4.14. The third-order valence-electron chi connectivity index (χ3n) is 0.338. The predicted molar refractivity (Wildman–Crippen MR) is 23.3 cm³/mol. The molecule has 0 atom stereocenters. The molecule has 1 radical (unpaired) electrons. The number of hydrogen-bond donors (Lipinski definition) is 0. The van der Waals surface area contributed by atoms with Crippen LogP contribution in [-0.4, -0.2) is 19.9 Å². The minimum atomic E-state index is -0.568. The summed E-state index contributed by atoms with van der Waals surface area (Å²) in [5.74, 6) is -0.568. The van der Waals surface area contributed by atoms with E-state index in [1.165, 1.54) is 7.11 Å². The Morgan fingerprint density at radius 2 is 2.43 bits per heavy atom. The summed E-state index contributed by atoms with van der Waals surface area (Å²) in [7, 11) is 1.43. The number of hydrogen-bond acceptors (Lipinski definition) is 3. The molecule has 0 aromatic heterocycles. The summed E-state index contributed by atoms with van der Waals surface area (Å²) >= 11 is 0. The average Bonchev–Trinajstić information content (AvgIpc) is 1.61. The number of carbonyl (C=O) groups excluding carboxylic acids is 1. The topological polar surface area (TPSA) is 35.5 Å². The lowest BCUT2D eigenvalue weighted by Gasteiger charge is -1.94. The number of rotatable bonds is 2. The second-order valence-electron chi connectivity index (χ2n) is 0.923. The Labute approximate surface area is 42.2 Å². The molecule has 0 aromatic rings. The Bertz CT molecular complexity index is 60.0. The van der Waals surface area contributed by atoms with Crippen LogP contribution in [0.25, 0.3) is 0 Å². The second-order valence-corrected chi connectivity index (χ2v) is 0.923. The highest BCUT2D eigenvalue weighted by Gasteiger charge is 1.85. The zero-order valence-electron chi connectivity index (χ0n) is 4.14. The summed E-state index contributed by atoms with van der Waals surface area (Å²) in [6.07, 6.45) is 0. The summed E-state index contributed by atoms with van der Waals surface area (Å²) < 4.78 is 8.59. The molecule has 0 heterocycles. The largest absolute Gasteiger partial charge is 0.438 e. The minimum absolute atomic E-state index is 0.0116. The molecule has 7 heavy (non-hydrogen) atoms. The molecule has 3 nitrogen and oxygen atoms in total. The molecule has 0 unspecified atom stereocenters. The minimum Gasteiger partial charge on any atom is -0.438 e. The van der Waals surface area contributed by atoms with Crippen molar-refractivity contribution in [3.63, 3.8) is 0 Å². The van der Waals surface area contributed by atoms with Gasteiger partial charge in [0.25, 0.3) is 0 Å². The fourth-order valence-electron chi connectivity index (χ4n) is 0.125. The normalized spacial score (nSPS) is 8.29. The monoisotopic (exact) mass is 103 g/mol. The molecule has 0 fully saturated rings. The highest BCUT2D eigenvalue weighted by atomic mass is 16.7. The molecule has 0 aliphatic heterocycles. The first-order valence-electron chi connectivity index (χ1n) is 1.75. The number of esters is 1. The molecule has 0 aliphatic carbocycles. The van der Waals surface area contributed by atoms with Crippen LogP contribution >= 0.6 is 0 Å². The molecule has 0 saturated heterocycles. The molecule has 0 aromatic carbocycles. The van der Waals surface area contributed by atoms with E-state index in [4.69, 9.17) is 0 Å². The van der Waals surface area contributed by atoms with E-state index in [-0.39, 0.29) is 6.79 Å². The molecule has 0 amide bonds.